The minimum Gasteiger partial charge on any atom is -0.507 e. The molecule has 13 heavy (non-hydrogen) atoms. The van der Waals surface area contributed by atoms with E-state index in [0.717, 1.165) is 6.07 Å². The molecule has 0 unspecified atom stereocenters. The molecule has 0 amide bonds. The molecule has 0 saturated heterocycles. The highest BCUT2D eigenvalue weighted by molar-refractivity contribution is 5.36. The number of aliphatic hydroxyl groups is 1. The highest BCUT2D eigenvalue weighted by Crippen LogP contribution is 2.26. The highest BCUT2D eigenvalue weighted by Gasteiger charge is 2.16. The maximum Gasteiger partial charge on any atom is 0.134 e. The van der Waals surface area contributed by atoms with Gasteiger partial charge in [0.2, 0.25) is 0 Å². The van der Waals surface area contributed by atoms with E-state index in [1.807, 2.05) is 0 Å². The van der Waals surface area contributed by atoms with E-state index in [2.05, 4.69) is 0 Å². The molecule has 1 atom stereocenters. The molecule has 1 aromatic carbocycles. The van der Waals surface area contributed by atoms with Crippen LogP contribution in [0.1, 0.15) is 11.6 Å². The lowest BCUT2D eigenvalue weighted by molar-refractivity contribution is 0.262. The Morgan fingerprint density at radius 1 is 1.38 bits per heavy atom. The molecule has 0 fully saturated rings. The largest absolute Gasteiger partial charge is 0.507 e. The van der Waals surface area contributed by atoms with E-state index in [1.54, 1.807) is 0 Å². The van der Waals surface area contributed by atoms with Crippen LogP contribution >= 0.6 is 0 Å². The smallest absolute Gasteiger partial charge is 0.134 e. The number of halogens is 2. The summed E-state index contributed by atoms with van der Waals surface area (Å²) in [6.07, 6.45) is 0. The molecule has 1 aromatic rings. The van der Waals surface area contributed by atoms with Crippen LogP contribution in [0.2, 0.25) is 0 Å². The Kier molecular flexibility index (Phi) is 2.79. The zero-order valence-corrected chi connectivity index (χ0v) is 6.67. The van der Waals surface area contributed by atoms with Crippen molar-refractivity contribution in [2.24, 2.45) is 5.73 Å². The van der Waals surface area contributed by atoms with E-state index in [1.165, 1.54) is 0 Å². The average molecular weight is 189 g/mol. The zero-order chi connectivity index (χ0) is 10.0. The fourth-order valence-electron chi connectivity index (χ4n) is 1.03. The third kappa shape index (κ3) is 1.93. The maximum atomic E-state index is 13.0. The van der Waals surface area contributed by atoms with Gasteiger partial charge in [0.25, 0.3) is 0 Å². The SMILES string of the molecule is N[C@@H](CO)c1c(O)cc(F)cc1F. The number of rotatable bonds is 2. The summed E-state index contributed by atoms with van der Waals surface area (Å²) in [6, 6.07) is 0.305. The molecule has 1 rings (SSSR count). The van der Waals surface area contributed by atoms with Crippen LogP contribution < -0.4 is 5.73 Å². The molecule has 4 N–H and O–H groups in total. The van der Waals surface area contributed by atoms with Gasteiger partial charge in [-0.1, -0.05) is 0 Å². The Morgan fingerprint density at radius 2 is 2.00 bits per heavy atom. The Morgan fingerprint density at radius 3 is 2.46 bits per heavy atom. The number of aliphatic hydroxyl groups excluding tert-OH is 1. The van der Waals surface area contributed by atoms with Crippen molar-refractivity contribution in [3.63, 3.8) is 0 Å². The van der Waals surface area contributed by atoms with Gasteiger partial charge in [0, 0.05) is 17.7 Å². The van der Waals surface area contributed by atoms with Crippen LogP contribution in [0.4, 0.5) is 8.78 Å². The van der Waals surface area contributed by atoms with Crippen molar-refractivity contribution in [3.8, 4) is 5.75 Å². The second-order valence-corrected chi connectivity index (χ2v) is 2.61. The molecule has 0 aromatic heterocycles. The monoisotopic (exact) mass is 189 g/mol. The number of hydrogen-bond acceptors (Lipinski definition) is 3. The molecule has 0 saturated carbocycles. The van der Waals surface area contributed by atoms with Crippen LogP contribution in [0.5, 0.6) is 5.75 Å². The van der Waals surface area contributed by atoms with Gasteiger partial charge in [-0.05, 0) is 0 Å². The van der Waals surface area contributed by atoms with E-state index in [4.69, 9.17) is 15.9 Å². The number of phenols is 1. The number of nitrogens with two attached hydrogens (primary N) is 1. The van der Waals surface area contributed by atoms with Crippen LogP contribution in [0.25, 0.3) is 0 Å². The van der Waals surface area contributed by atoms with Gasteiger partial charge in [0.15, 0.2) is 0 Å². The lowest BCUT2D eigenvalue weighted by Gasteiger charge is -2.11. The van der Waals surface area contributed by atoms with E-state index >= 15 is 0 Å². The first-order valence-corrected chi connectivity index (χ1v) is 3.60. The van der Waals surface area contributed by atoms with Crippen LogP contribution in [-0.4, -0.2) is 16.8 Å². The quantitative estimate of drug-likeness (QED) is 0.640. The minimum absolute atomic E-state index is 0.274. The molecule has 5 heteroatoms. The lowest BCUT2D eigenvalue weighted by atomic mass is 10.1. The van der Waals surface area contributed by atoms with Gasteiger partial charge >= 0.3 is 0 Å². The average Bonchev–Trinajstić information content (AvgIpc) is 2.02. The van der Waals surface area contributed by atoms with Crippen LogP contribution in [0.15, 0.2) is 12.1 Å². The standard InChI is InChI=1S/C8H9F2NO2/c9-4-1-5(10)8(6(11)3-12)7(13)2-4/h1-2,6,12-13H,3,11H2/t6-/m0/s1. The third-order valence-corrected chi connectivity index (χ3v) is 1.64. The van der Waals surface area contributed by atoms with Gasteiger partial charge in [-0.15, -0.1) is 0 Å². The highest BCUT2D eigenvalue weighted by atomic mass is 19.1. The topological polar surface area (TPSA) is 66.5 Å². The van der Waals surface area contributed by atoms with Crippen molar-refractivity contribution >= 4 is 0 Å². The van der Waals surface area contributed by atoms with Gasteiger partial charge in [0.05, 0.1) is 12.6 Å². The van der Waals surface area contributed by atoms with Crippen LogP contribution in [0.3, 0.4) is 0 Å². The molecule has 0 aliphatic heterocycles. The van der Waals surface area contributed by atoms with Crippen molar-refractivity contribution in [2.45, 2.75) is 6.04 Å². The van der Waals surface area contributed by atoms with Gasteiger partial charge < -0.3 is 15.9 Å². The first kappa shape index (κ1) is 9.88. The van der Waals surface area contributed by atoms with Crippen molar-refractivity contribution in [3.05, 3.63) is 29.3 Å². The second kappa shape index (κ2) is 3.68. The van der Waals surface area contributed by atoms with Gasteiger partial charge in [-0.3, -0.25) is 0 Å². The molecule has 0 spiro atoms. The van der Waals surface area contributed by atoms with Gasteiger partial charge in [0.1, 0.15) is 17.4 Å². The Bertz CT molecular complexity index is 294. The Hall–Kier alpha value is -1.20. The molecule has 0 aliphatic carbocycles. The fourth-order valence-corrected chi connectivity index (χ4v) is 1.03. The Balaban J connectivity index is 3.20. The molecule has 0 heterocycles. The molecule has 72 valence electrons. The summed E-state index contributed by atoms with van der Waals surface area (Å²) in [5.74, 6) is -2.43. The number of aromatic hydroxyl groups is 1. The first-order valence-electron chi connectivity index (χ1n) is 3.60. The van der Waals surface area contributed by atoms with Crippen molar-refractivity contribution in [1.29, 1.82) is 0 Å². The number of benzene rings is 1. The normalized spacial score (nSPS) is 12.9. The maximum absolute atomic E-state index is 13.0. The third-order valence-electron chi connectivity index (χ3n) is 1.64. The van der Waals surface area contributed by atoms with E-state index in [0.29, 0.717) is 6.07 Å². The lowest BCUT2D eigenvalue weighted by Crippen LogP contribution is -2.16. The van der Waals surface area contributed by atoms with Crippen molar-refractivity contribution in [2.75, 3.05) is 6.61 Å². The number of hydrogen-bond donors (Lipinski definition) is 3. The van der Waals surface area contributed by atoms with Crippen molar-refractivity contribution < 1.29 is 19.0 Å². The molecule has 0 bridgehead atoms. The van der Waals surface area contributed by atoms with E-state index in [9.17, 15) is 8.78 Å². The van der Waals surface area contributed by atoms with E-state index < -0.39 is 30.0 Å². The molecule has 3 nitrogen and oxygen atoms in total. The summed E-state index contributed by atoms with van der Waals surface area (Å²) in [5, 5.41) is 17.7. The van der Waals surface area contributed by atoms with Gasteiger partial charge in [-0.25, -0.2) is 8.78 Å². The number of phenolic OH excluding ortho intramolecular Hbond substituents is 1. The summed E-state index contributed by atoms with van der Waals surface area (Å²) in [4.78, 5) is 0. The van der Waals surface area contributed by atoms with Crippen LogP contribution in [0, 0.1) is 11.6 Å². The molecule has 0 radical (unpaired) electrons. The molecule has 0 aliphatic rings. The summed E-state index contributed by atoms with van der Waals surface area (Å²) >= 11 is 0. The summed E-state index contributed by atoms with van der Waals surface area (Å²) in [7, 11) is 0. The minimum atomic E-state index is -1.04. The fraction of sp³-hybridized carbons (Fsp3) is 0.250. The zero-order valence-electron chi connectivity index (χ0n) is 6.67. The summed E-state index contributed by atoms with van der Waals surface area (Å²) in [6.45, 7) is -0.518. The second-order valence-electron chi connectivity index (χ2n) is 2.61. The van der Waals surface area contributed by atoms with Gasteiger partial charge in [-0.2, -0.15) is 0 Å². The van der Waals surface area contributed by atoms with Crippen LogP contribution in [-0.2, 0) is 0 Å². The molecular formula is C8H9F2NO2. The first-order chi connectivity index (χ1) is 6.06. The molecular weight excluding hydrogens is 180 g/mol. The summed E-state index contributed by atoms with van der Waals surface area (Å²) in [5.41, 5.74) is 5.00. The van der Waals surface area contributed by atoms with Crippen molar-refractivity contribution in [1.82, 2.24) is 0 Å². The predicted octanol–water partition coefficient (Wildman–Crippen LogP) is 0.663. The summed E-state index contributed by atoms with van der Waals surface area (Å²) < 4.78 is 25.4. The Labute approximate surface area is 73.4 Å². The predicted molar refractivity (Wildman–Crippen MR) is 42.0 cm³/mol. The van der Waals surface area contributed by atoms with E-state index in [-0.39, 0.29) is 5.56 Å².